The minimum Gasteiger partial charge on any atom is -0.377 e. The molecule has 162 valence electrons. The molecule has 6 nitrogen and oxygen atoms in total. The molecule has 1 aromatic carbocycles. The molecule has 0 saturated carbocycles. The van der Waals surface area contributed by atoms with Crippen molar-refractivity contribution in [1.82, 2.24) is 19.6 Å². The van der Waals surface area contributed by atoms with Crippen LogP contribution < -0.4 is 0 Å². The predicted molar refractivity (Wildman–Crippen MR) is 120 cm³/mol. The Hall–Kier alpha value is -1.83. The standard InChI is InChI=1S/C23H32N4O2S/c1-17-21(18(2)25(3)24-17)15-26-10-12-27(13-11-26)23(28)20-8-4-5-9-22(20)30-16-19-7-6-14-29-19/h4-5,8-9,19H,6-7,10-16H2,1-3H3. The van der Waals surface area contributed by atoms with Gasteiger partial charge in [0.25, 0.3) is 5.91 Å². The first kappa shape index (κ1) is 21.4. The highest BCUT2D eigenvalue weighted by molar-refractivity contribution is 7.99. The molecule has 0 aliphatic carbocycles. The minimum atomic E-state index is 0.152. The fourth-order valence-corrected chi connectivity index (χ4v) is 5.39. The number of thioether (sulfide) groups is 1. The van der Waals surface area contributed by atoms with Gasteiger partial charge < -0.3 is 9.64 Å². The van der Waals surface area contributed by atoms with Gasteiger partial charge in [-0.15, -0.1) is 11.8 Å². The molecule has 1 aromatic heterocycles. The molecular formula is C23H32N4O2S. The van der Waals surface area contributed by atoms with Crippen molar-refractivity contribution in [2.45, 2.75) is 44.2 Å². The number of benzene rings is 1. The maximum Gasteiger partial charge on any atom is 0.255 e. The number of carbonyl (C=O) groups is 1. The van der Waals surface area contributed by atoms with Gasteiger partial charge in [-0.2, -0.15) is 5.10 Å². The van der Waals surface area contributed by atoms with Crippen molar-refractivity contribution in [2.75, 3.05) is 38.5 Å². The van der Waals surface area contributed by atoms with Crippen molar-refractivity contribution in [2.24, 2.45) is 7.05 Å². The number of ether oxygens (including phenoxy) is 1. The smallest absolute Gasteiger partial charge is 0.255 e. The number of rotatable bonds is 6. The monoisotopic (exact) mass is 428 g/mol. The third-order valence-corrected chi connectivity index (χ3v) is 7.47. The second-order valence-electron chi connectivity index (χ2n) is 8.28. The first-order chi connectivity index (χ1) is 14.5. The highest BCUT2D eigenvalue weighted by atomic mass is 32.2. The van der Waals surface area contributed by atoms with Crippen LogP contribution in [0.2, 0.25) is 0 Å². The summed E-state index contributed by atoms with van der Waals surface area (Å²) in [5, 5.41) is 4.53. The highest BCUT2D eigenvalue weighted by Gasteiger charge is 2.25. The zero-order valence-corrected chi connectivity index (χ0v) is 19.1. The Kier molecular flexibility index (Phi) is 6.80. The second-order valence-corrected chi connectivity index (χ2v) is 9.35. The van der Waals surface area contributed by atoms with Gasteiger partial charge in [-0.05, 0) is 38.8 Å². The van der Waals surface area contributed by atoms with Crippen molar-refractivity contribution in [3.05, 3.63) is 46.8 Å². The molecule has 7 heteroatoms. The van der Waals surface area contributed by atoms with Gasteiger partial charge >= 0.3 is 0 Å². The molecule has 0 bridgehead atoms. The number of hydrogen-bond acceptors (Lipinski definition) is 5. The van der Waals surface area contributed by atoms with E-state index in [1.54, 1.807) is 11.8 Å². The Labute approximate surface area is 183 Å². The number of amides is 1. The third-order valence-electron chi connectivity index (χ3n) is 6.27. The number of aryl methyl sites for hydroxylation is 2. The fraction of sp³-hybridized carbons (Fsp3) is 0.565. The fourth-order valence-electron chi connectivity index (χ4n) is 4.28. The van der Waals surface area contributed by atoms with Crippen molar-refractivity contribution >= 4 is 17.7 Å². The van der Waals surface area contributed by atoms with E-state index < -0.39 is 0 Å². The number of aromatic nitrogens is 2. The summed E-state index contributed by atoms with van der Waals surface area (Å²) in [4.78, 5) is 18.7. The van der Waals surface area contributed by atoms with E-state index in [-0.39, 0.29) is 5.91 Å². The lowest BCUT2D eigenvalue weighted by Crippen LogP contribution is -2.48. The molecule has 2 aliphatic heterocycles. The van der Waals surface area contributed by atoms with Crippen LogP contribution in [-0.2, 0) is 18.3 Å². The van der Waals surface area contributed by atoms with Crippen molar-refractivity contribution < 1.29 is 9.53 Å². The Balaban J connectivity index is 1.35. The van der Waals surface area contributed by atoms with Crippen LogP contribution in [0.5, 0.6) is 0 Å². The molecule has 3 heterocycles. The van der Waals surface area contributed by atoms with E-state index in [4.69, 9.17) is 4.74 Å². The molecule has 2 fully saturated rings. The molecule has 0 spiro atoms. The molecule has 1 amide bonds. The van der Waals surface area contributed by atoms with Gasteiger partial charge in [-0.1, -0.05) is 12.1 Å². The van der Waals surface area contributed by atoms with Crippen LogP contribution in [0.15, 0.2) is 29.2 Å². The second kappa shape index (κ2) is 9.54. The van der Waals surface area contributed by atoms with Gasteiger partial charge in [0.2, 0.25) is 0 Å². The molecule has 4 rings (SSSR count). The summed E-state index contributed by atoms with van der Waals surface area (Å²) in [5.74, 6) is 1.07. The van der Waals surface area contributed by atoms with E-state index >= 15 is 0 Å². The minimum absolute atomic E-state index is 0.152. The third kappa shape index (κ3) is 4.74. The van der Waals surface area contributed by atoms with Gasteiger partial charge in [0.1, 0.15) is 0 Å². The summed E-state index contributed by atoms with van der Waals surface area (Å²) in [6, 6.07) is 8.02. The van der Waals surface area contributed by atoms with Crippen LogP contribution in [0.25, 0.3) is 0 Å². The summed E-state index contributed by atoms with van der Waals surface area (Å²) < 4.78 is 7.70. The Morgan fingerprint density at radius 1 is 1.20 bits per heavy atom. The van der Waals surface area contributed by atoms with Crippen LogP contribution in [0.3, 0.4) is 0 Å². The van der Waals surface area contributed by atoms with Crippen molar-refractivity contribution in [1.29, 1.82) is 0 Å². The summed E-state index contributed by atoms with van der Waals surface area (Å²) in [6.45, 7) is 9.29. The van der Waals surface area contributed by atoms with Gasteiger partial charge in [0.05, 0.1) is 17.4 Å². The first-order valence-electron chi connectivity index (χ1n) is 10.9. The van der Waals surface area contributed by atoms with Gasteiger partial charge in [0, 0.05) is 68.3 Å². The quantitative estimate of drug-likeness (QED) is 0.661. The lowest BCUT2D eigenvalue weighted by molar-refractivity contribution is 0.0624. The lowest BCUT2D eigenvalue weighted by atomic mass is 10.1. The Morgan fingerprint density at radius 2 is 1.97 bits per heavy atom. The topological polar surface area (TPSA) is 50.6 Å². The molecular weight excluding hydrogens is 396 g/mol. The van der Waals surface area contributed by atoms with Crippen LogP contribution in [0.4, 0.5) is 0 Å². The molecule has 2 saturated heterocycles. The van der Waals surface area contributed by atoms with Crippen molar-refractivity contribution in [3.8, 4) is 0 Å². The first-order valence-corrected chi connectivity index (χ1v) is 11.9. The molecule has 1 atom stereocenters. The maximum atomic E-state index is 13.2. The van der Waals surface area contributed by atoms with E-state index in [2.05, 4.69) is 29.9 Å². The summed E-state index contributed by atoms with van der Waals surface area (Å²) >= 11 is 1.75. The van der Waals surface area contributed by atoms with Gasteiger partial charge in [-0.25, -0.2) is 0 Å². The van der Waals surface area contributed by atoms with Crippen LogP contribution in [-0.4, -0.2) is 70.1 Å². The van der Waals surface area contributed by atoms with Gasteiger partial charge in [0.15, 0.2) is 0 Å². The van der Waals surface area contributed by atoms with Crippen molar-refractivity contribution in [3.63, 3.8) is 0 Å². The van der Waals surface area contributed by atoms with Gasteiger partial charge in [-0.3, -0.25) is 14.4 Å². The zero-order chi connectivity index (χ0) is 21.1. The largest absolute Gasteiger partial charge is 0.377 e. The van der Waals surface area contributed by atoms with E-state index in [0.29, 0.717) is 6.10 Å². The highest BCUT2D eigenvalue weighted by Crippen LogP contribution is 2.28. The normalized spacial score (nSPS) is 20.1. The number of piperazine rings is 1. The van der Waals surface area contributed by atoms with Crippen LogP contribution >= 0.6 is 11.8 Å². The number of carbonyl (C=O) groups excluding carboxylic acids is 1. The molecule has 2 aromatic rings. The number of nitrogens with zero attached hydrogens (tertiary/aromatic N) is 4. The van der Waals surface area contributed by atoms with Crippen LogP contribution in [0, 0.1) is 13.8 Å². The summed E-state index contributed by atoms with van der Waals surface area (Å²) in [6.07, 6.45) is 2.59. The van der Waals surface area contributed by atoms with E-state index in [1.165, 1.54) is 11.3 Å². The number of hydrogen-bond donors (Lipinski definition) is 0. The molecule has 1 unspecified atom stereocenters. The predicted octanol–water partition coefficient (Wildman–Crippen LogP) is 3.27. The maximum absolute atomic E-state index is 13.2. The molecule has 30 heavy (non-hydrogen) atoms. The SMILES string of the molecule is Cc1nn(C)c(C)c1CN1CCN(C(=O)c2ccccc2SCC2CCCO2)CC1. The average molecular weight is 429 g/mol. The Bertz CT molecular complexity index is 883. The average Bonchev–Trinajstić information content (AvgIpc) is 3.36. The lowest BCUT2D eigenvalue weighted by Gasteiger charge is -2.35. The van der Waals surface area contributed by atoms with E-state index in [1.807, 2.05) is 34.8 Å². The molecule has 0 N–H and O–H groups in total. The Morgan fingerprint density at radius 3 is 2.63 bits per heavy atom. The van der Waals surface area contributed by atoms with E-state index in [0.717, 1.165) is 74.1 Å². The molecule has 2 aliphatic rings. The van der Waals surface area contributed by atoms with Crippen LogP contribution in [0.1, 0.15) is 40.2 Å². The molecule has 0 radical (unpaired) electrons. The zero-order valence-electron chi connectivity index (χ0n) is 18.3. The summed E-state index contributed by atoms with van der Waals surface area (Å²) in [5.41, 5.74) is 4.47. The van der Waals surface area contributed by atoms with E-state index in [9.17, 15) is 4.79 Å². The summed E-state index contributed by atoms with van der Waals surface area (Å²) in [7, 11) is 2.00.